The van der Waals surface area contributed by atoms with E-state index in [0.717, 1.165) is 18.9 Å². The molecule has 1 saturated heterocycles. The summed E-state index contributed by atoms with van der Waals surface area (Å²) >= 11 is 0. The highest BCUT2D eigenvalue weighted by Gasteiger charge is 2.35. The number of hydrogen-bond acceptors (Lipinski definition) is 2. The Bertz CT molecular complexity index is 274. The SMILES string of the molecule is CCC(C)NCC(=O)N1CCCC1C1CCCC1. The summed E-state index contributed by atoms with van der Waals surface area (Å²) in [6.07, 6.45) is 8.94. The second-order valence-electron chi connectivity index (χ2n) is 6.03. The zero-order valence-electron chi connectivity index (χ0n) is 12.0. The van der Waals surface area contributed by atoms with Crippen molar-refractivity contribution in [3.63, 3.8) is 0 Å². The molecule has 0 aromatic carbocycles. The average Bonchev–Trinajstić information content (AvgIpc) is 3.04. The van der Waals surface area contributed by atoms with E-state index < -0.39 is 0 Å². The first-order valence-electron chi connectivity index (χ1n) is 7.75. The number of nitrogens with one attached hydrogen (secondary N) is 1. The van der Waals surface area contributed by atoms with Gasteiger partial charge in [0, 0.05) is 18.6 Å². The number of nitrogens with zero attached hydrogens (tertiary/aromatic N) is 1. The fourth-order valence-corrected chi connectivity index (χ4v) is 3.44. The lowest BCUT2D eigenvalue weighted by molar-refractivity contribution is -0.132. The number of amides is 1. The highest BCUT2D eigenvalue weighted by molar-refractivity contribution is 5.79. The van der Waals surface area contributed by atoms with Crippen molar-refractivity contribution in [3.05, 3.63) is 0 Å². The maximum atomic E-state index is 12.3. The van der Waals surface area contributed by atoms with Crippen molar-refractivity contribution < 1.29 is 4.79 Å². The second kappa shape index (κ2) is 6.55. The smallest absolute Gasteiger partial charge is 0.236 e. The Labute approximate surface area is 111 Å². The van der Waals surface area contributed by atoms with E-state index in [-0.39, 0.29) is 0 Å². The van der Waals surface area contributed by atoms with Gasteiger partial charge < -0.3 is 10.2 Å². The molecule has 2 unspecified atom stereocenters. The minimum atomic E-state index is 0.324. The van der Waals surface area contributed by atoms with Gasteiger partial charge in [-0.25, -0.2) is 0 Å². The summed E-state index contributed by atoms with van der Waals surface area (Å²) in [7, 11) is 0. The minimum absolute atomic E-state index is 0.324. The highest BCUT2D eigenvalue weighted by atomic mass is 16.2. The van der Waals surface area contributed by atoms with Crippen LogP contribution in [0.5, 0.6) is 0 Å². The summed E-state index contributed by atoms with van der Waals surface area (Å²) in [6.45, 7) is 5.81. The van der Waals surface area contributed by atoms with E-state index >= 15 is 0 Å². The van der Waals surface area contributed by atoms with Crippen LogP contribution in [-0.2, 0) is 4.79 Å². The monoisotopic (exact) mass is 252 g/mol. The summed E-state index contributed by atoms with van der Waals surface area (Å²) in [4.78, 5) is 14.5. The lowest BCUT2D eigenvalue weighted by atomic mass is 9.96. The van der Waals surface area contributed by atoms with E-state index in [1.54, 1.807) is 0 Å². The van der Waals surface area contributed by atoms with Gasteiger partial charge in [0.1, 0.15) is 0 Å². The molecule has 3 heteroatoms. The van der Waals surface area contributed by atoms with Gasteiger partial charge in [0.15, 0.2) is 0 Å². The molecule has 0 spiro atoms. The Morgan fingerprint density at radius 1 is 1.28 bits per heavy atom. The van der Waals surface area contributed by atoms with Crippen LogP contribution in [0.1, 0.15) is 58.8 Å². The van der Waals surface area contributed by atoms with Gasteiger partial charge in [0.25, 0.3) is 0 Å². The van der Waals surface area contributed by atoms with Crippen molar-refractivity contribution >= 4 is 5.91 Å². The van der Waals surface area contributed by atoms with E-state index in [1.165, 1.54) is 38.5 Å². The molecular weight excluding hydrogens is 224 g/mol. The van der Waals surface area contributed by atoms with E-state index in [2.05, 4.69) is 24.1 Å². The van der Waals surface area contributed by atoms with Crippen LogP contribution in [-0.4, -0.2) is 36.0 Å². The van der Waals surface area contributed by atoms with E-state index in [0.29, 0.717) is 24.5 Å². The number of likely N-dealkylation sites (tertiary alicyclic amines) is 1. The van der Waals surface area contributed by atoms with Gasteiger partial charge in [0.05, 0.1) is 6.54 Å². The maximum Gasteiger partial charge on any atom is 0.236 e. The molecule has 18 heavy (non-hydrogen) atoms. The van der Waals surface area contributed by atoms with Crippen LogP contribution >= 0.6 is 0 Å². The first-order chi connectivity index (χ1) is 8.72. The van der Waals surface area contributed by atoms with Crippen LogP contribution in [0.15, 0.2) is 0 Å². The third-order valence-electron chi connectivity index (χ3n) is 4.78. The molecular formula is C15H28N2O. The van der Waals surface area contributed by atoms with E-state index in [1.807, 2.05) is 0 Å². The molecule has 2 fully saturated rings. The van der Waals surface area contributed by atoms with Gasteiger partial charge >= 0.3 is 0 Å². The fourth-order valence-electron chi connectivity index (χ4n) is 3.44. The Morgan fingerprint density at radius 2 is 2.00 bits per heavy atom. The van der Waals surface area contributed by atoms with Crippen LogP contribution in [0.4, 0.5) is 0 Å². The summed E-state index contributed by atoms with van der Waals surface area (Å²) < 4.78 is 0. The van der Waals surface area contributed by atoms with Crippen molar-refractivity contribution in [1.29, 1.82) is 0 Å². The lowest BCUT2D eigenvalue weighted by Crippen LogP contribution is -2.45. The molecule has 3 nitrogen and oxygen atoms in total. The standard InChI is InChI=1S/C15H28N2O/c1-3-12(2)16-11-15(18)17-10-6-9-14(17)13-7-4-5-8-13/h12-14,16H,3-11H2,1-2H3. The predicted molar refractivity (Wildman–Crippen MR) is 74.4 cm³/mol. The second-order valence-corrected chi connectivity index (χ2v) is 6.03. The molecule has 1 amide bonds. The Morgan fingerprint density at radius 3 is 2.67 bits per heavy atom. The third-order valence-corrected chi connectivity index (χ3v) is 4.78. The number of hydrogen-bond donors (Lipinski definition) is 1. The number of rotatable bonds is 5. The molecule has 2 rings (SSSR count). The minimum Gasteiger partial charge on any atom is -0.338 e. The molecule has 1 aliphatic heterocycles. The van der Waals surface area contributed by atoms with Crippen LogP contribution in [0.25, 0.3) is 0 Å². The molecule has 2 atom stereocenters. The Balaban J connectivity index is 1.84. The number of carbonyl (C=O) groups excluding carboxylic acids is 1. The Hall–Kier alpha value is -0.570. The van der Waals surface area contributed by atoms with E-state index in [9.17, 15) is 4.79 Å². The maximum absolute atomic E-state index is 12.3. The first kappa shape index (κ1) is 13.9. The zero-order chi connectivity index (χ0) is 13.0. The average molecular weight is 252 g/mol. The molecule has 0 aromatic rings. The molecule has 1 aliphatic carbocycles. The van der Waals surface area contributed by atoms with Gasteiger partial charge in [-0.15, -0.1) is 0 Å². The van der Waals surface area contributed by atoms with Gasteiger partial charge in [-0.2, -0.15) is 0 Å². The Kier molecular flexibility index (Phi) is 5.04. The van der Waals surface area contributed by atoms with Crippen molar-refractivity contribution in [2.24, 2.45) is 5.92 Å². The molecule has 0 bridgehead atoms. The first-order valence-corrected chi connectivity index (χ1v) is 7.75. The molecule has 1 heterocycles. The normalized spacial score (nSPS) is 26.8. The van der Waals surface area contributed by atoms with Gasteiger partial charge in [0.2, 0.25) is 5.91 Å². The molecule has 104 valence electrons. The van der Waals surface area contributed by atoms with Crippen molar-refractivity contribution in [1.82, 2.24) is 10.2 Å². The zero-order valence-corrected chi connectivity index (χ0v) is 12.0. The number of carbonyl (C=O) groups is 1. The van der Waals surface area contributed by atoms with E-state index in [4.69, 9.17) is 0 Å². The van der Waals surface area contributed by atoms with Gasteiger partial charge in [-0.1, -0.05) is 19.8 Å². The molecule has 1 N–H and O–H groups in total. The molecule has 0 aromatic heterocycles. The molecule has 1 saturated carbocycles. The van der Waals surface area contributed by atoms with Crippen LogP contribution in [0, 0.1) is 5.92 Å². The largest absolute Gasteiger partial charge is 0.338 e. The molecule has 2 aliphatic rings. The topological polar surface area (TPSA) is 32.3 Å². The van der Waals surface area contributed by atoms with Crippen molar-refractivity contribution in [2.45, 2.75) is 70.9 Å². The van der Waals surface area contributed by atoms with Crippen molar-refractivity contribution in [3.8, 4) is 0 Å². The third kappa shape index (κ3) is 3.25. The summed E-state index contributed by atoms with van der Waals surface area (Å²) in [5, 5.41) is 3.33. The quantitative estimate of drug-likeness (QED) is 0.815. The van der Waals surface area contributed by atoms with Crippen molar-refractivity contribution in [2.75, 3.05) is 13.1 Å². The van der Waals surface area contributed by atoms with Gasteiger partial charge in [-0.3, -0.25) is 4.79 Å². The van der Waals surface area contributed by atoms with Crippen LogP contribution < -0.4 is 5.32 Å². The highest BCUT2D eigenvalue weighted by Crippen LogP contribution is 2.35. The summed E-state index contributed by atoms with van der Waals surface area (Å²) in [5.41, 5.74) is 0. The van der Waals surface area contributed by atoms with Gasteiger partial charge in [-0.05, 0) is 44.9 Å². The summed E-state index contributed by atoms with van der Waals surface area (Å²) in [6, 6.07) is 1.00. The predicted octanol–water partition coefficient (Wildman–Crippen LogP) is 2.56. The molecule has 0 radical (unpaired) electrons. The fraction of sp³-hybridized carbons (Fsp3) is 0.933. The summed E-state index contributed by atoms with van der Waals surface area (Å²) in [5.74, 6) is 1.12. The lowest BCUT2D eigenvalue weighted by Gasteiger charge is -2.30. The van der Waals surface area contributed by atoms with Crippen LogP contribution in [0.2, 0.25) is 0 Å². The van der Waals surface area contributed by atoms with Crippen LogP contribution in [0.3, 0.4) is 0 Å².